The summed E-state index contributed by atoms with van der Waals surface area (Å²) in [5.41, 5.74) is 5.85. The summed E-state index contributed by atoms with van der Waals surface area (Å²) in [7, 11) is 0. The van der Waals surface area contributed by atoms with Gasteiger partial charge in [0.1, 0.15) is 5.82 Å². The highest BCUT2D eigenvalue weighted by Crippen LogP contribution is 2.32. The molecule has 30 heavy (non-hydrogen) atoms. The van der Waals surface area contributed by atoms with Crippen LogP contribution in [-0.2, 0) is 6.18 Å². The molecule has 2 aromatic rings. The van der Waals surface area contributed by atoms with E-state index in [0.29, 0.717) is 50.0 Å². The molecule has 164 valence electrons. The molecule has 0 spiro atoms. The fourth-order valence-corrected chi connectivity index (χ4v) is 2.59. The zero-order valence-electron chi connectivity index (χ0n) is 16.0. The Bertz CT molecular complexity index is 847. The molecule has 0 saturated carbocycles. The van der Waals surface area contributed by atoms with E-state index in [4.69, 9.17) is 15.2 Å². The van der Waals surface area contributed by atoms with Gasteiger partial charge in [-0.15, -0.1) is 24.0 Å². The number of nitrogens with zero attached hydrogens (tertiary/aromatic N) is 2. The molecule has 4 N–H and O–H groups in total. The van der Waals surface area contributed by atoms with Crippen LogP contribution in [-0.4, -0.2) is 37.2 Å². The Morgan fingerprint density at radius 3 is 2.60 bits per heavy atom. The molecule has 0 bridgehead atoms. The van der Waals surface area contributed by atoms with Gasteiger partial charge in [-0.1, -0.05) is 0 Å². The van der Waals surface area contributed by atoms with E-state index in [0.717, 1.165) is 24.4 Å². The molecular weight excluding hydrogens is 514 g/mol. The number of guanidine groups is 1. The number of fused-ring (bicyclic) bond motifs is 1. The van der Waals surface area contributed by atoms with Gasteiger partial charge in [-0.05, 0) is 30.7 Å². The van der Waals surface area contributed by atoms with E-state index >= 15 is 0 Å². The fourth-order valence-electron chi connectivity index (χ4n) is 2.59. The Hall–Kier alpha value is -2.44. The minimum atomic E-state index is -4.39. The number of nitrogens with one attached hydrogen (secondary N) is 2. The smallest absolute Gasteiger partial charge is 0.417 e. The van der Waals surface area contributed by atoms with Gasteiger partial charge >= 0.3 is 6.18 Å². The number of nitrogens with two attached hydrogens (primary N) is 1. The van der Waals surface area contributed by atoms with Crippen LogP contribution in [0.3, 0.4) is 0 Å². The van der Waals surface area contributed by atoms with E-state index in [2.05, 4.69) is 20.6 Å². The van der Waals surface area contributed by atoms with Gasteiger partial charge in [-0.25, -0.2) is 4.98 Å². The van der Waals surface area contributed by atoms with E-state index in [1.807, 2.05) is 12.1 Å². The molecule has 11 heteroatoms. The number of hydrogen-bond acceptors (Lipinski definition) is 5. The van der Waals surface area contributed by atoms with Gasteiger partial charge in [0.25, 0.3) is 0 Å². The first-order valence-electron chi connectivity index (χ1n) is 9.15. The maximum atomic E-state index is 12.5. The number of halogens is 4. The lowest BCUT2D eigenvalue weighted by Gasteiger charge is -2.11. The number of aliphatic imine (C=N–C) groups is 1. The van der Waals surface area contributed by atoms with Crippen LogP contribution in [0.5, 0.6) is 11.5 Å². The number of alkyl halides is 3. The molecule has 0 saturated heterocycles. The number of anilines is 2. The summed E-state index contributed by atoms with van der Waals surface area (Å²) in [5.74, 6) is 1.99. The lowest BCUT2D eigenvalue weighted by Crippen LogP contribution is -2.23. The third kappa shape index (κ3) is 7.11. The van der Waals surface area contributed by atoms with Crippen molar-refractivity contribution in [3.05, 3.63) is 42.1 Å². The summed E-state index contributed by atoms with van der Waals surface area (Å²) in [6.45, 7) is 2.16. The number of aromatic nitrogens is 1. The predicted octanol–water partition coefficient (Wildman–Crippen LogP) is 4.11. The van der Waals surface area contributed by atoms with Crippen LogP contribution in [0.2, 0.25) is 0 Å². The van der Waals surface area contributed by atoms with Gasteiger partial charge in [-0.2, -0.15) is 13.2 Å². The Kier molecular flexibility index (Phi) is 8.81. The Morgan fingerprint density at radius 1 is 1.13 bits per heavy atom. The summed E-state index contributed by atoms with van der Waals surface area (Å²) >= 11 is 0. The highest BCUT2D eigenvalue weighted by Gasteiger charge is 2.30. The average molecular weight is 537 g/mol. The SMILES string of the molecule is I.NC(=NCCCNc1ccc(C(F)(F)F)cn1)Nc1ccc2c(c1)OCCCO2. The van der Waals surface area contributed by atoms with E-state index in [-0.39, 0.29) is 29.9 Å². The highest BCUT2D eigenvalue weighted by atomic mass is 127. The lowest BCUT2D eigenvalue weighted by atomic mass is 10.3. The first-order valence-corrected chi connectivity index (χ1v) is 9.15. The van der Waals surface area contributed by atoms with Gasteiger partial charge in [0.05, 0.1) is 18.8 Å². The van der Waals surface area contributed by atoms with Crippen molar-refractivity contribution in [3.63, 3.8) is 0 Å². The van der Waals surface area contributed by atoms with Crippen molar-refractivity contribution in [2.45, 2.75) is 19.0 Å². The standard InChI is InChI=1S/C19H22F3N5O2.HI/c20-19(21,22)13-3-6-17(26-12-13)24-7-1-8-25-18(23)27-14-4-5-15-16(11-14)29-10-2-9-28-15;/h3-6,11-12H,1-2,7-10H2,(H,24,26)(H3,23,25,27);1H. The zero-order chi connectivity index (χ0) is 20.7. The third-order valence-corrected chi connectivity index (χ3v) is 4.03. The number of ether oxygens (including phenoxy) is 2. The van der Waals surface area contributed by atoms with Gasteiger partial charge in [-0.3, -0.25) is 4.99 Å². The van der Waals surface area contributed by atoms with E-state index in [9.17, 15) is 13.2 Å². The Balaban J connectivity index is 0.00000320. The zero-order valence-corrected chi connectivity index (χ0v) is 18.4. The van der Waals surface area contributed by atoms with Crippen LogP contribution in [0.1, 0.15) is 18.4 Å². The second-order valence-electron chi connectivity index (χ2n) is 6.31. The molecule has 0 aliphatic carbocycles. The minimum absolute atomic E-state index is 0. The number of benzene rings is 1. The molecule has 0 fully saturated rings. The third-order valence-electron chi connectivity index (χ3n) is 4.03. The van der Waals surface area contributed by atoms with Gasteiger partial charge in [0.15, 0.2) is 17.5 Å². The molecule has 0 amide bonds. The molecule has 1 aliphatic heterocycles. The topological polar surface area (TPSA) is 93.8 Å². The fraction of sp³-hybridized carbons (Fsp3) is 0.368. The maximum Gasteiger partial charge on any atom is 0.417 e. The summed E-state index contributed by atoms with van der Waals surface area (Å²) in [4.78, 5) is 7.98. The summed E-state index contributed by atoms with van der Waals surface area (Å²) in [5, 5.41) is 5.94. The number of hydrogen-bond donors (Lipinski definition) is 3. The van der Waals surface area contributed by atoms with Crippen molar-refractivity contribution >= 4 is 41.4 Å². The van der Waals surface area contributed by atoms with E-state index in [1.54, 1.807) is 6.07 Å². The van der Waals surface area contributed by atoms with Crippen LogP contribution in [0.15, 0.2) is 41.5 Å². The Morgan fingerprint density at radius 2 is 1.90 bits per heavy atom. The van der Waals surface area contributed by atoms with Crippen molar-refractivity contribution in [1.29, 1.82) is 0 Å². The van der Waals surface area contributed by atoms with Crippen molar-refractivity contribution in [1.82, 2.24) is 4.98 Å². The van der Waals surface area contributed by atoms with Crippen LogP contribution in [0.25, 0.3) is 0 Å². The quantitative estimate of drug-likeness (QED) is 0.222. The molecule has 0 atom stereocenters. The molecule has 0 radical (unpaired) electrons. The molecule has 3 rings (SSSR count). The van der Waals surface area contributed by atoms with Crippen molar-refractivity contribution < 1.29 is 22.6 Å². The second-order valence-corrected chi connectivity index (χ2v) is 6.31. The molecule has 0 unspecified atom stereocenters. The van der Waals surface area contributed by atoms with Gasteiger partial charge < -0.3 is 25.8 Å². The lowest BCUT2D eigenvalue weighted by molar-refractivity contribution is -0.137. The second kappa shape index (κ2) is 11.1. The van der Waals surface area contributed by atoms with Gasteiger partial charge in [0, 0.05) is 37.5 Å². The van der Waals surface area contributed by atoms with Crippen molar-refractivity contribution in [2.75, 3.05) is 36.9 Å². The molecule has 7 nitrogen and oxygen atoms in total. The number of pyridine rings is 1. The van der Waals surface area contributed by atoms with Crippen molar-refractivity contribution in [3.8, 4) is 11.5 Å². The minimum Gasteiger partial charge on any atom is -0.490 e. The van der Waals surface area contributed by atoms with Crippen LogP contribution in [0.4, 0.5) is 24.7 Å². The molecule has 1 aliphatic rings. The normalized spacial score (nSPS) is 13.8. The monoisotopic (exact) mass is 537 g/mol. The largest absolute Gasteiger partial charge is 0.490 e. The summed E-state index contributed by atoms with van der Waals surface area (Å²) in [6.07, 6.45) is -2.12. The summed E-state index contributed by atoms with van der Waals surface area (Å²) < 4.78 is 48.7. The first-order chi connectivity index (χ1) is 13.9. The first kappa shape index (κ1) is 23.8. The van der Waals surface area contributed by atoms with Gasteiger partial charge in [0.2, 0.25) is 0 Å². The molecule has 2 heterocycles. The predicted molar refractivity (Wildman–Crippen MR) is 120 cm³/mol. The van der Waals surface area contributed by atoms with Crippen molar-refractivity contribution in [2.24, 2.45) is 10.7 Å². The highest BCUT2D eigenvalue weighted by molar-refractivity contribution is 14.0. The number of rotatable bonds is 6. The van der Waals surface area contributed by atoms with Crippen LogP contribution >= 0.6 is 24.0 Å². The van der Waals surface area contributed by atoms with Crippen LogP contribution < -0.4 is 25.8 Å². The molecular formula is C19H23F3IN5O2. The van der Waals surface area contributed by atoms with E-state index < -0.39 is 11.7 Å². The average Bonchev–Trinajstić information content (AvgIpc) is 2.92. The van der Waals surface area contributed by atoms with E-state index in [1.165, 1.54) is 6.07 Å². The molecule has 1 aromatic heterocycles. The summed E-state index contributed by atoms with van der Waals surface area (Å²) in [6, 6.07) is 7.74. The van der Waals surface area contributed by atoms with Crippen LogP contribution in [0, 0.1) is 0 Å². The molecule has 1 aromatic carbocycles. The maximum absolute atomic E-state index is 12.5. The Labute approximate surface area is 189 Å².